The Bertz CT molecular complexity index is 848. The molecule has 0 saturated heterocycles. The fourth-order valence-corrected chi connectivity index (χ4v) is 3.20. The molecule has 0 N–H and O–H groups in total. The Morgan fingerprint density at radius 1 is 0.559 bits per heavy atom. The average molecular weight is 477 g/mol. The van der Waals surface area contributed by atoms with E-state index in [1.807, 2.05) is 12.1 Å². The summed E-state index contributed by atoms with van der Waals surface area (Å²) < 4.78 is 16.8. The summed E-state index contributed by atoms with van der Waals surface area (Å²) >= 11 is 0. The van der Waals surface area contributed by atoms with Crippen molar-refractivity contribution in [3.8, 4) is 0 Å². The van der Waals surface area contributed by atoms with Crippen LogP contribution in [0.4, 0.5) is 0 Å². The molecule has 0 radical (unpaired) electrons. The highest BCUT2D eigenvalue weighted by molar-refractivity contribution is 5.76. The van der Waals surface area contributed by atoms with Crippen LogP contribution in [-0.2, 0) is 53.8 Å². The fourth-order valence-electron chi connectivity index (χ4n) is 3.20. The Morgan fingerprint density at radius 3 is 1.12 bits per heavy atom. The van der Waals surface area contributed by atoms with Crippen LogP contribution in [0.3, 0.4) is 0 Å². The first kappa shape index (κ1) is 29.7. The Morgan fingerprint density at radius 2 is 0.853 bits per heavy atom. The van der Waals surface area contributed by atoms with E-state index in [0.29, 0.717) is 0 Å². The summed E-state index contributed by atoms with van der Waals surface area (Å²) in [4.78, 5) is 37.2. The van der Waals surface area contributed by atoms with Crippen molar-refractivity contribution in [1.29, 1.82) is 0 Å². The first-order valence-corrected chi connectivity index (χ1v) is 11.8. The maximum Gasteiger partial charge on any atom is 0.311 e. The maximum atomic E-state index is 12.5. The number of rotatable bonds is 6. The molecule has 1 aromatic rings. The highest BCUT2D eigenvalue weighted by atomic mass is 16.5. The Hall–Kier alpha value is -2.37. The van der Waals surface area contributed by atoms with Crippen molar-refractivity contribution in [2.75, 3.05) is 0 Å². The quantitative estimate of drug-likeness (QED) is 0.356. The van der Waals surface area contributed by atoms with Gasteiger partial charge in [-0.15, -0.1) is 0 Å². The summed E-state index contributed by atoms with van der Waals surface area (Å²) in [6, 6.07) is 3.81. The van der Waals surface area contributed by atoms with Crippen LogP contribution in [0.15, 0.2) is 12.1 Å². The molecule has 0 amide bonds. The summed E-state index contributed by atoms with van der Waals surface area (Å²) in [5, 5.41) is 0. The maximum absolute atomic E-state index is 12.5. The summed E-state index contributed by atoms with van der Waals surface area (Å²) in [5.74, 6) is -0.927. The molecule has 6 heteroatoms. The Labute approximate surface area is 205 Å². The molecular formula is C28H44O6. The molecule has 1 aromatic carbocycles. The topological polar surface area (TPSA) is 78.9 Å². The minimum atomic E-state index is -0.632. The van der Waals surface area contributed by atoms with Crippen LogP contribution in [-0.4, -0.2) is 17.9 Å². The van der Waals surface area contributed by atoms with Crippen molar-refractivity contribution in [3.05, 3.63) is 34.4 Å². The van der Waals surface area contributed by atoms with Gasteiger partial charge in [0.05, 0.1) is 16.2 Å². The van der Waals surface area contributed by atoms with Gasteiger partial charge in [-0.05, 0) is 102 Å². The third-order valence-electron chi connectivity index (χ3n) is 5.04. The van der Waals surface area contributed by atoms with Gasteiger partial charge in [0.1, 0.15) is 19.8 Å². The lowest BCUT2D eigenvalue weighted by atomic mass is 9.80. The molecule has 0 aliphatic rings. The third-order valence-corrected chi connectivity index (χ3v) is 5.04. The fraction of sp³-hybridized carbons (Fsp3) is 0.679. The highest BCUT2D eigenvalue weighted by Gasteiger charge is 2.29. The smallest absolute Gasteiger partial charge is 0.311 e. The van der Waals surface area contributed by atoms with Crippen molar-refractivity contribution in [2.45, 2.75) is 108 Å². The molecule has 192 valence electrons. The van der Waals surface area contributed by atoms with E-state index in [4.69, 9.17) is 14.2 Å². The molecule has 0 aromatic heterocycles. The average Bonchev–Trinajstić information content (AvgIpc) is 2.64. The second-order valence-electron chi connectivity index (χ2n) is 13.0. The minimum Gasteiger partial charge on any atom is -0.460 e. The molecule has 0 spiro atoms. The lowest BCUT2D eigenvalue weighted by Gasteiger charge is -2.28. The van der Waals surface area contributed by atoms with Gasteiger partial charge >= 0.3 is 17.9 Å². The number of carbonyl (C=O) groups is 3. The van der Waals surface area contributed by atoms with Gasteiger partial charge < -0.3 is 14.2 Å². The SMILES string of the molecule is CC(C)(C)C(=O)OCc1cc(COC(=O)C(C)(C)C)c(C(C)(C)C)c(COC(=O)C(C)(C)C)c1. The summed E-state index contributed by atoms with van der Waals surface area (Å²) in [7, 11) is 0. The molecule has 6 nitrogen and oxygen atoms in total. The van der Waals surface area contributed by atoms with E-state index in [2.05, 4.69) is 20.8 Å². The summed E-state index contributed by atoms with van der Waals surface area (Å²) in [5.41, 5.74) is 1.10. The van der Waals surface area contributed by atoms with E-state index >= 15 is 0 Å². The van der Waals surface area contributed by atoms with Crippen molar-refractivity contribution >= 4 is 17.9 Å². The zero-order chi connectivity index (χ0) is 26.7. The van der Waals surface area contributed by atoms with Gasteiger partial charge in [-0.2, -0.15) is 0 Å². The summed E-state index contributed by atoms with van der Waals surface area (Å²) in [6.07, 6.45) is 0. The van der Waals surface area contributed by atoms with Crippen LogP contribution >= 0.6 is 0 Å². The van der Waals surface area contributed by atoms with Crippen LogP contribution < -0.4 is 0 Å². The van der Waals surface area contributed by atoms with E-state index in [0.717, 1.165) is 22.3 Å². The molecule has 0 fully saturated rings. The molecule has 0 bridgehead atoms. The number of benzene rings is 1. The number of ether oxygens (including phenoxy) is 3. The Kier molecular flexibility index (Phi) is 9.15. The predicted molar refractivity (Wildman–Crippen MR) is 133 cm³/mol. The van der Waals surface area contributed by atoms with E-state index in [1.54, 1.807) is 62.3 Å². The van der Waals surface area contributed by atoms with Crippen LogP contribution in [0.25, 0.3) is 0 Å². The molecule has 0 heterocycles. The molecule has 0 atom stereocenters. The monoisotopic (exact) mass is 476 g/mol. The number of carbonyl (C=O) groups excluding carboxylic acids is 3. The zero-order valence-corrected chi connectivity index (χ0v) is 23.2. The van der Waals surface area contributed by atoms with Crippen LogP contribution in [0, 0.1) is 16.2 Å². The lowest BCUT2D eigenvalue weighted by molar-refractivity contribution is -0.154. The van der Waals surface area contributed by atoms with Gasteiger partial charge in [0.2, 0.25) is 0 Å². The number of esters is 3. The molecule has 0 aliphatic heterocycles. The highest BCUT2D eigenvalue weighted by Crippen LogP contribution is 2.33. The lowest BCUT2D eigenvalue weighted by Crippen LogP contribution is -2.26. The van der Waals surface area contributed by atoms with Crippen LogP contribution in [0.2, 0.25) is 0 Å². The van der Waals surface area contributed by atoms with Crippen molar-refractivity contribution in [2.24, 2.45) is 16.2 Å². The first-order valence-electron chi connectivity index (χ1n) is 11.8. The molecule has 1 rings (SSSR count). The van der Waals surface area contributed by atoms with Crippen LogP contribution in [0.5, 0.6) is 0 Å². The van der Waals surface area contributed by atoms with Crippen molar-refractivity contribution in [3.63, 3.8) is 0 Å². The molecule has 34 heavy (non-hydrogen) atoms. The molecule has 0 unspecified atom stereocenters. The molecule has 0 aliphatic carbocycles. The zero-order valence-electron chi connectivity index (χ0n) is 23.2. The molecule has 0 saturated carbocycles. The van der Waals surface area contributed by atoms with Gasteiger partial charge in [-0.3, -0.25) is 14.4 Å². The van der Waals surface area contributed by atoms with Gasteiger partial charge in [0, 0.05) is 0 Å². The first-order chi connectivity index (χ1) is 15.1. The third kappa shape index (κ3) is 8.77. The Balaban J connectivity index is 3.45. The van der Waals surface area contributed by atoms with Crippen molar-refractivity contribution in [1.82, 2.24) is 0 Å². The van der Waals surface area contributed by atoms with Gasteiger partial charge in [0.15, 0.2) is 0 Å². The van der Waals surface area contributed by atoms with E-state index in [-0.39, 0.29) is 43.1 Å². The van der Waals surface area contributed by atoms with E-state index < -0.39 is 16.2 Å². The van der Waals surface area contributed by atoms with Gasteiger partial charge in [-0.25, -0.2) is 0 Å². The molecular weight excluding hydrogens is 432 g/mol. The van der Waals surface area contributed by atoms with Gasteiger partial charge in [-0.1, -0.05) is 20.8 Å². The van der Waals surface area contributed by atoms with E-state index in [9.17, 15) is 14.4 Å². The normalized spacial score (nSPS) is 12.8. The summed E-state index contributed by atoms with van der Waals surface area (Å²) in [6.45, 7) is 22.6. The second-order valence-corrected chi connectivity index (χ2v) is 13.0. The standard InChI is InChI=1S/C28H44O6/c1-25(2,3)21-19(16-33-23(30)27(7,8)9)13-18(15-32-22(29)26(4,5)6)14-20(21)17-34-24(31)28(10,11)12/h13-14H,15-17H2,1-12H3. The minimum absolute atomic E-state index is 0.0704. The number of hydrogen-bond acceptors (Lipinski definition) is 6. The van der Waals surface area contributed by atoms with E-state index in [1.165, 1.54) is 0 Å². The second kappa shape index (κ2) is 10.5. The largest absolute Gasteiger partial charge is 0.460 e. The van der Waals surface area contributed by atoms with Gasteiger partial charge in [0.25, 0.3) is 0 Å². The number of hydrogen-bond donors (Lipinski definition) is 0. The predicted octanol–water partition coefficient (Wildman–Crippen LogP) is 6.25. The van der Waals surface area contributed by atoms with Crippen LogP contribution in [0.1, 0.15) is 105 Å². The van der Waals surface area contributed by atoms with Crippen molar-refractivity contribution < 1.29 is 28.6 Å².